The van der Waals surface area contributed by atoms with Gasteiger partial charge in [-0.3, -0.25) is 4.79 Å². The Kier molecular flexibility index (Phi) is 6.17. The van der Waals surface area contributed by atoms with E-state index in [0.717, 1.165) is 22.6 Å². The first-order valence-electron chi connectivity index (χ1n) is 10.2. The first-order valence-corrected chi connectivity index (χ1v) is 10.2. The van der Waals surface area contributed by atoms with Gasteiger partial charge in [0.15, 0.2) is 6.61 Å². The van der Waals surface area contributed by atoms with E-state index in [1.807, 2.05) is 54.6 Å². The van der Waals surface area contributed by atoms with E-state index < -0.39 is 18.5 Å². The van der Waals surface area contributed by atoms with Crippen LogP contribution in [0.4, 0.5) is 5.69 Å². The molecule has 4 rings (SSSR count). The number of hydrazone groups is 1. The largest absolute Gasteiger partial charge is 0.497 e. The van der Waals surface area contributed by atoms with Gasteiger partial charge in [-0.1, -0.05) is 48.5 Å². The normalized spacial score (nSPS) is 15.2. The summed E-state index contributed by atoms with van der Waals surface area (Å²) >= 11 is 0. The lowest BCUT2D eigenvalue weighted by Gasteiger charge is -2.22. The molecule has 1 atom stereocenters. The summed E-state index contributed by atoms with van der Waals surface area (Å²) in [6, 6.07) is 23.3. The van der Waals surface area contributed by atoms with Crippen molar-refractivity contribution in [2.45, 2.75) is 12.5 Å². The Morgan fingerprint density at radius 2 is 1.78 bits per heavy atom. The van der Waals surface area contributed by atoms with Crippen LogP contribution in [0.2, 0.25) is 0 Å². The van der Waals surface area contributed by atoms with Crippen molar-refractivity contribution < 1.29 is 19.1 Å². The smallest absolute Gasteiger partial charge is 0.338 e. The average molecular weight is 429 g/mol. The van der Waals surface area contributed by atoms with Crippen LogP contribution < -0.4 is 10.5 Å². The zero-order valence-corrected chi connectivity index (χ0v) is 17.6. The first-order chi connectivity index (χ1) is 15.5. The second-order valence-electron chi connectivity index (χ2n) is 7.35. The van der Waals surface area contributed by atoms with Crippen LogP contribution >= 0.6 is 0 Å². The predicted molar refractivity (Wildman–Crippen MR) is 121 cm³/mol. The maximum Gasteiger partial charge on any atom is 0.338 e. The van der Waals surface area contributed by atoms with E-state index in [9.17, 15) is 9.59 Å². The predicted octanol–water partition coefficient (Wildman–Crippen LogP) is 3.81. The number of hydrogen-bond acceptors (Lipinski definition) is 6. The van der Waals surface area contributed by atoms with E-state index in [4.69, 9.17) is 15.2 Å². The number of rotatable bonds is 6. The van der Waals surface area contributed by atoms with E-state index in [1.54, 1.807) is 25.3 Å². The van der Waals surface area contributed by atoms with Crippen LogP contribution in [0.25, 0.3) is 0 Å². The fraction of sp³-hybridized carbons (Fsp3) is 0.160. The van der Waals surface area contributed by atoms with E-state index in [1.165, 1.54) is 11.1 Å². The van der Waals surface area contributed by atoms with Crippen LogP contribution in [-0.2, 0) is 9.53 Å². The number of amides is 1. The average Bonchev–Trinajstić information content (AvgIpc) is 3.28. The summed E-state index contributed by atoms with van der Waals surface area (Å²) in [7, 11) is 1.60. The molecule has 0 saturated heterocycles. The molecule has 1 heterocycles. The minimum atomic E-state index is -0.613. The van der Waals surface area contributed by atoms with Crippen molar-refractivity contribution in [3.05, 3.63) is 95.6 Å². The SMILES string of the molecule is COc1ccc([C@H]2CC(c3ccccc3)=NN2C(=O)COC(=O)c2cccc(N)c2)cc1. The van der Waals surface area contributed by atoms with Crippen LogP contribution in [0, 0.1) is 0 Å². The van der Waals surface area contributed by atoms with Gasteiger partial charge in [-0.05, 0) is 41.5 Å². The second kappa shape index (κ2) is 9.34. The molecular weight excluding hydrogens is 406 g/mol. The first kappa shape index (κ1) is 21.1. The molecular formula is C25H23N3O4. The molecule has 0 unspecified atom stereocenters. The summed E-state index contributed by atoms with van der Waals surface area (Å²) in [5.74, 6) is -0.294. The lowest BCUT2D eigenvalue weighted by Crippen LogP contribution is -2.31. The van der Waals surface area contributed by atoms with Crippen molar-refractivity contribution in [3.63, 3.8) is 0 Å². The highest BCUT2D eigenvalue weighted by molar-refractivity contribution is 6.03. The zero-order chi connectivity index (χ0) is 22.5. The molecule has 162 valence electrons. The van der Waals surface area contributed by atoms with Crippen molar-refractivity contribution >= 4 is 23.3 Å². The van der Waals surface area contributed by atoms with Gasteiger partial charge in [-0.2, -0.15) is 5.10 Å². The lowest BCUT2D eigenvalue weighted by molar-refractivity contribution is -0.136. The van der Waals surface area contributed by atoms with Gasteiger partial charge in [0.2, 0.25) is 0 Å². The highest BCUT2D eigenvalue weighted by atomic mass is 16.5. The van der Waals surface area contributed by atoms with E-state index in [2.05, 4.69) is 5.10 Å². The molecule has 0 radical (unpaired) electrons. The van der Waals surface area contributed by atoms with Gasteiger partial charge in [0.25, 0.3) is 5.91 Å². The highest BCUT2D eigenvalue weighted by Crippen LogP contribution is 2.33. The zero-order valence-electron chi connectivity index (χ0n) is 17.6. The van der Waals surface area contributed by atoms with Gasteiger partial charge < -0.3 is 15.2 Å². The van der Waals surface area contributed by atoms with Crippen molar-refractivity contribution in [2.75, 3.05) is 19.5 Å². The van der Waals surface area contributed by atoms with Gasteiger partial charge in [0.05, 0.1) is 24.4 Å². The summed E-state index contributed by atoms with van der Waals surface area (Å²) in [6.07, 6.45) is 0.547. The van der Waals surface area contributed by atoms with Gasteiger partial charge >= 0.3 is 5.97 Å². The molecule has 0 aliphatic carbocycles. The fourth-order valence-corrected chi connectivity index (χ4v) is 3.57. The molecule has 0 fully saturated rings. The molecule has 2 N–H and O–H groups in total. The lowest BCUT2D eigenvalue weighted by atomic mass is 9.98. The summed E-state index contributed by atoms with van der Waals surface area (Å²) in [4.78, 5) is 25.3. The quantitative estimate of drug-likeness (QED) is 0.475. The molecule has 0 aromatic heterocycles. The number of nitrogen functional groups attached to an aromatic ring is 1. The molecule has 1 amide bonds. The van der Waals surface area contributed by atoms with E-state index >= 15 is 0 Å². The molecule has 0 saturated carbocycles. The minimum absolute atomic E-state index is 0.291. The minimum Gasteiger partial charge on any atom is -0.497 e. The number of nitrogens with two attached hydrogens (primary N) is 1. The number of nitrogens with zero attached hydrogens (tertiary/aromatic N) is 2. The number of carbonyl (C=O) groups is 2. The van der Waals surface area contributed by atoms with Gasteiger partial charge in [-0.25, -0.2) is 9.80 Å². The standard InChI is InChI=1S/C25H23N3O4/c1-31-21-12-10-18(11-13-21)23-15-22(17-6-3-2-4-7-17)27-28(23)24(29)16-32-25(30)19-8-5-9-20(26)14-19/h2-14,23H,15-16,26H2,1H3/t23-/m1/s1. The van der Waals surface area contributed by atoms with Gasteiger partial charge in [0, 0.05) is 12.1 Å². The van der Waals surface area contributed by atoms with Crippen LogP contribution in [0.1, 0.15) is 33.9 Å². The number of methoxy groups -OCH3 is 1. The van der Waals surface area contributed by atoms with Crippen molar-refractivity contribution in [2.24, 2.45) is 5.10 Å². The third-order valence-electron chi connectivity index (χ3n) is 5.22. The second-order valence-corrected chi connectivity index (χ2v) is 7.35. The van der Waals surface area contributed by atoms with Crippen molar-refractivity contribution in [3.8, 4) is 5.75 Å². The Morgan fingerprint density at radius 3 is 2.47 bits per heavy atom. The Morgan fingerprint density at radius 1 is 1.03 bits per heavy atom. The third kappa shape index (κ3) is 4.62. The molecule has 32 heavy (non-hydrogen) atoms. The topological polar surface area (TPSA) is 94.2 Å². The summed E-state index contributed by atoms with van der Waals surface area (Å²) in [5, 5.41) is 5.98. The van der Waals surface area contributed by atoms with Gasteiger partial charge in [0.1, 0.15) is 5.75 Å². The summed E-state index contributed by atoms with van der Waals surface area (Å²) in [5.41, 5.74) is 9.10. The maximum atomic E-state index is 13.0. The van der Waals surface area contributed by atoms with Crippen molar-refractivity contribution in [1.29, 1.82) is 0 Å². The van der Waals surface area contributed by atoms with Gasteiger partial charge in [-0.15, -0.1) is 0 Å². The Labute approximate surface area is 186 Å². The molecule has 0 spiro atoms. The highest BCUT2D eigenvalue weighted by Gasteiger charge is 2.33. The number of anilines is 1. The molecule has 3 aromatic rings. The Balaban J connectivity index is 1.54. The maximum absolute atomic E-state index is 13.0. The van der Waals surface area contributed by atoms with Crippen LogP contribution in [0.3, 0.4) is 0 Å². The number of ether oxygens (including phenoxy) is 2. The Bertz CT molecular complexity index is 1140. The molecule has 0 bridgehead atoms. The monoisotopic (exact) mass is 429 g/mol. The number of benzene rings is 3. The van der Waals surface area contributed by atoms with Crippen LogP contribution in [0.5, 0.6) is 5.75 Å². The summed E-state index contributed by atoms with van der Waals surface area (Å²) < 4.78 is 10.5. The number of hydrogen-bond donors (Lipinski definition) is 1. The third-order valence-corrected chi connectivity index (χ3v) is 5.22. The molecule has 7 heteroatoms. The van der Waals surface area contributed by atoms with E-state index in [0.29, 0.717) is 17.7 Å². The number of esters is 1. The van der Waals surface area contributed by atoms with Crippen molar-refractivity contribution in [1.82, 2.24) is 5.01 Å². The Hall–Kier alpha value is -4.13. The molecule has 7 nitrogen and oxygen atoms in total. The summed E-state index contributed by atoms with van der Waals surface area (Å²) in [6.45, 7) is -0.425. The molecule has 1 aliphatic heterocycles. The molecule has 1 aliphatic rings. The number of carbonyl (C=O) groups excluding carboxylic acids is 2. The molecule has 3 aromatic carbocycles. The van der Waals surface area contributed by atoms with Crippen LogP contribution in [-0.4, -0.2) is 36.3 Å². The van der Waals surface area contributed by atoms with E-state index in [-0.39, 0.29) is 6.04 Å². The fourth-order valence-electron chi connectivity index (χ4n) is 3.57. The van der Waals surface area contributed by atoms with Crippen LogP contribution in [0.15, 0.2) is 84.0 Å².